The van der Waals surface area contributed by atoms with E-state index in [1.165, 1.54) is 23.1 Å². The van der Waals surface area contributed by atoms with Crippen LogP contribution in [0.15, 0.2) is 89.3 Å². The first-order valence-electron chi connectivity index (χ1n) is 9.91. The van der Waals surface area contributed by atoms with Crippen LogP contribution in [0, 0.1) is 0 Å². The van der Waals surface area contributed by atoms with Crippen molar-refractivity contribution in [3.8, 4) is 0 Å². The summed E-state index contributed by atoms with van der Waals surface area (Å²) >= 11 is 2.79. The summed E-state index contributed by atoms with van der Waals surface area (Å²) in [5.74, 6) is 0.0707. The van der Waals surface area contributed by atoms with Crippen LogP contribution >= 0.6 is 23.1 Å². The maximum atomic E-state index is 12.5. The number of aromatic nitrogens is 2. The van der Waals surface area contributed by atoms with Gasteiger partial charge >= 0.3 is 0 Å². The normalized spacial score (nSPS) is 10.5. The molecular weight excluding hydrogens is 440 g/mol. The molecule has 0 saturated carbocycles. The fourth-order valence-corrected chi connectivity index (χ4v) is 4.50. The van der Waals surface area contributed by atoms with Gasteiger partial charge in [-0.15, -0.1) is 10.2 Å². The fraction of sp³-hybridized carbons (Fsp3) is 0.0833. The number of carbonyl (C=O) groups is 2. The van der Waals surface area contributed by atoms with Gasteiger partial charge in [-0.3, -0.25) is 9.59 Å². The summed E-state index contributed by atoms with van der Waals surface area (Å²) in [5, 5.41) is 15.1. The minimum Gasteiger partial charge on any atom is -0.356 e. The molecule has 0 spiro atoms. The molecule has 32 heavy (non-hydrogen) atoms. The van der Waals surface area contributed by atoms with Crippen molar-refractivity contribution in [2.45, 2.75) is 10.9 Å². The van der Waals surface area contributed by atoms with E-state index in [0.29, 0.717) is 23.4 Å². The smallest absolute Gasteiger partial charge is 0.255 e. The summed E-state index contributed by atoms with van der Waals surface area (Å²) in [5.41, 5.74) is 2.97. The van der Waals surface area contributed by atoms with E-state index < -0.39 is 0 Å². The zero-order chi connectivity index (χ0) is 22.2. The van der Waals surface area contributed by atoms with Crippen LogP contribution in [0.3, 0.4) is 0 Å². The third-order valence-corrected chi connectivity index (χ3v) is 6.53. The first-order valence-corrected chi connectivity index (χ1v) is 11.7. The number of amides is 1. The Morgan fingerprint density at radius 3 is 2.22 bits per heavy atom. The van der Waals surface area contributed by atoms with Gasteiger partial charge in [0.1, 0.15) is 0 Å². The number of ketones is 1. The third kappa shape index (κ3) is 6.03. The molecule has 0 fully saturated rings. The largest absolute Gasteiger partial charge is 0.356 e. The second kappa shape index (κ2) is 10.7. The van der Waals surface area contributed by atoms with Crippen molar-refractivity contribution in [1.82, 2.24) is 10.2 Å². The van der Waals surface area contributed by atoms with E-state index in [0.717, 1.165) is 15.0 Å². The molecule has 0 saturated heterocycles. The van der Waals surface area contributed by atoms with Crippen molar-refractivity contribution in [3.63, 3.8) is 0 Å². The molecule has 0 radical (unpaired) electrons. The minimum atomic E-state index is -0.187. The van der Waals surface area contributed by atoms with Crippen LogP contribution in [0.4, 0.5) is 10.8 Å². The molecule has 8 heteroatoms. The van der Waals surface area contributed by atoms with Crippen LogP contribution in [-0.2, 0) is 6.54 Å². The van der Waals surface area contributed by atoms with Gasteiger partial charge < -0.3 is 10.6 Å². The Kier molecular flexibility index (Phi) is 7.27. The zero-order valence-electron chi connectivity index (χ0n) is 17.0. The number of thioether (sulfide) groups is 1. The Bertz CT molecular complexity index is 1180. The maximum Gasteiger partial charge on any atom is 0.255 e. The van der Waals surface area contributed by atoms with Crippen LogP contribution in [0.2, 0.25) is 0 Å². The number of anilines is 2. The number of hydrogen-bond donors (Lipinski definition) is 2. The molecular formula is C24H20N4O2S2. The summed E-state index contributed by atoms with van der Waals surface area (Å²) in [4.78, 5) is 24.7. The molecule has 0 aliphatic carbocycles. The molecule has 6 nitrogen and oxygen atoms in total. The molecule has 0 bridgehead atoms. The average molecular weight is 461 g/mol. The lowest BCUT2D eigenvalue weighted by Gasteiger charge is -2.06. The number of hydrogen-bond acceptors (Lipinski definition) is 7. The summed E-state index contributed by atoms with van der Waals surface area (Å²) in [6, 6.07) is 25.9. The lowest BCUT2D eigenvalue weighted by Crippen LogP contribution is -2.11. The molecule has 0 atom stereocenters. The highest BCUT2D eigenvalue weighted by molar-refractivity contribution is 8.01. The predicted molar refractivity (Wildman–Crippen MR) is 130 cm³/mol. The van der Waals surface area contributed by atoms with Gasteiger partial charge in [-0.2, -0.15) is 0 Å². The first-order chi connectivity index (χ1) is 15.7. The summed E-state index contributed by atoms with van der Waals surface area (Å²) < 4.78 is 0.737. The average Bonchev–Trinajstić information content (AvgIpc) is 3.31. The number of nitrogens with one attached hydrogen (secondary N) is 2. The molecule has 3 aromatic carbocycles. The molecule has 4 aromatic rings. The molecule has 4 rings (SSSR count). The number of nitrogens with zero attached hydrogens (tertiary/aromatic N) is 2. The fourth-order valence-electron chi connectivity index (χ4n) is 2.86. The lowest BCUT2D eigenvalue weighted by molar-refractivity contribution is 0.101. The Balaban J connectivity index is 1.26. The van der Waals surface area contributed by atoms with E-state index in [4.69, 9.17) is 0 Å². The standard InChI is InChI=1S/C24H20N4O2S2/c29-21(16-31-24-28-27-23(32-24)25-15-17-7-3-1-4-8-17)18-11-13-20(14-12-18)26-22(30)19-9-5-2-6-10-19/h1-14H,15-16H2,(H,25,27)(H,26,30). The molecule has 2 N–H and O–H groups in total. The quantitative estimate of drug-likeness (QED) is 0.258. The Hall–Kier alpha value is -3.49. The number of rotatable bonds is 9. The van der Waals surface area contributed by atoms with Crippen LogP contribution in [-0.4, -0.2) is 27.6 Å². The Labute approximate surface area is 194 Å². The highest BCUT2D eigenvalue weighted by atomic mass is 32.2. The molecule has 0 aliphatic heterocycles. The topological polar surface area (TPSA) is 84.0 Å². The zero-order valence-corrected chi connectivity index (χ0v) is 18.7. The van der Waals surface area contributed by atoms with Crippen molar-refractivity contribution in [2.75, 3.05) is 16.4 Å². The monoisotopic (exact) mass is 460 g/mol. The van der Waals surface area contributed by atoms with E-state index >= 15 is 0 Å². The van der Waals surface area contributed by atoms with Crippen LogP contribution in [0.1, 0.15) is 26.3 Å². The van der Waals surface area contributed by atoms with Gasteiger partial charge in [-0.05, 0) is 42.0 Å². The van der Waals surface area contributed by atoms with Gasteiger partial charge in [0.05, 0.1) is 5.75 Å². The van der Waals surface area contributed by atoms with Gasteiger partial charge in [0.25, 0.3) is 5.91 Å². The van der Waals surface area contributed by atoms with Crippen LogP contribution < -0.4 is 10.6 Å². The summed E-state index contributed by atoms with van der Waals surface area (Å²) in [6.45, 7) is 0.673. The van der Waals surface area contributed by atoms with E-state index in [1.54, 1.807) is 36.4 Å². The Morgan fingerprint density at radius 1 is 0.812 bits per heavy atom. The second-order valence-corrected chi connectivity index (χ2v) is 9.02. The molecule has 0 aliphatic rings. The third-order valence-electron chi connectivity index (χ3n) is 4.52. The van der Waals surface area contributed by atoms with Crippen LogP contribution in [0.25, 0.3) is 0 Å². The lowest BCUT2D eigenvalue weighted by atomic mass is 10.1. The first kappa shape index (κ1) is 21.7. The van der Waals surface area contributed by atoms with E-state index in [1.807, 2.05) is 48.5 Å². The molecule has 160 valence electrons. The highest BCUT2D eigenvalue weighted by Crippen LogP contribution is 2.26. The predicted octanol–water partition coefficient (Wildman–Crippen LogP) is 5.38. The van der Waals surface area contributed by atoms with Crippen molar-refractivity contribution >= 4 is 45.6 Å². The highest BCUT2D eigenvalue weighted by Gasteiger charge is 2.11. The summed E-state index contributed by atoms with van der Waals surface area (Å²) in [6.07, 6.45) is 0. The molecule has 1 amide bonds. The van der Waals surface area contributed by atoms with Crippen molar-refractivity contribution in [3.05, 3.63) is 102 Å². The minimum absolute atomic E-state index is 0.00932. The van der Waals surface area contributed by atoms with Gasteiger partial charge in [0, 0.05) is 23.4 Å². The summed E-state index contributed by atoms with van der Waals surface area (Å²) in [7, 11) is 0. The van der Waals surface area contributed by atoms with E-state index in [9.17, 15) is 9.59 Å². The number of benzene rings is 3. The SMILES string of the molecule is O=C(CSc1nnc(NCc2ccccc2)s1)c1ccc(NC(=O)c2ccccc2)cc1. The number of carbonyl (C=O) groups excluding carboxylic acids is 2. The van der Waals surface area contributed by atoms with Gasteiger partial charge in [0.2, 0.25) is 5.13 Å². The maximum absolute atomic E-state index is 12.5. The van der Waals surface area contributed by atoms with Gasteiger partial charge in [0.15, 0.2) is 10.1 Å². The van der Waals surface area contributed by atoms with Crippen molar-refractivity contribution in [2.24, 2.45) is 0 Å². The van der Waals surface area contributed by atoms with Gasteiger partial charge in [-0.25, -0.2) is 0 Å². The van der Waals surface area contributed by atoms with E-state index in [2.05, 4.69) is 20.8 Å². The van der Waals surface area contributed by atoms with Crippen molar-refractivity contribution < 1.29 is 9.59 Å². The molecule has 0 unspecified atom stereocenters. The molecule has 1 heterocycles. The Morgan fingerprint density at radius 2 is 1.50 bits per heavy atom. The molecule has 1 aromatic heterocycles. The van der Waals surface area contributed by atoms with E-state index in [-0.39, 0.29) is 17.4 Å². The second-order valence-electron chi connectivity index (χ2n) is 6.82. The number of Topliss-reactive ketones (excluding diaryl/α,β-unsaturated/α-hetero) is 1. The van der Waals surface area contributed by atoms with Crippen molar-refractivity contribution in [1.29, 1.82) is 0 Å². The van der Waals surface area contributed by atoms with Gasteiger partial charge in [-0.1, -0.05) is 71.6 Å². The van der Waals surface area contributed by atoms with Crippen LogP contribution in [0.5, 0.6) is 0 Å².